The lowest BCUT2D eigenvalue weighted by atomic mass is 10.2. The van der Waals surface area contributed by atoms with Gasteiger partial charge in [0.05, 0.1) is 0 Å². The van der Waals surface area contributed by atoms with Gasteiger partial charge < -0.3 is 10.0 Å². The van der Waals surface area contributed by atoms with Gasteiger partial charge in [0, 0.05) is 38.3 Å². The van der Waals surface area contributed by atoms with Crippen molar-refractivity contribution in [3.8, 4) is 0 Å². The summed E-state index contributed by atoms with van der Waals surface area (Å²) in [5.41, 5.74) is 2.59. The summed E-state index contributed by atoms with van der Waals surface area (Å²) in [5.74, 6) is -0.696. The van der Waals surface area contributed by atoms with E-state index in [1.54, 1.807) is 0 Å². The lowest BCUT2D eigenvalue weighted by molar-refractivity contribution is -0.137. The van der Waals surface area contributed by atoms with E-state index in [9.17, 15) is 4.79 Å². The Morgan fingerprint density at radius 2 is 1.86 bits per heavy atom. The van der Waals surface area contributed by atoms with Crippen LogP contribution in [0, 0.1) is 6.92 Å². The number of hydrogen-bond acceptors (Lipinski definition) is 3. The number of benzene rings is 1. The highest BCUT2D eigenvalue weighted by atomic mass is 35.5. The molecule has 1 aliphatic heterocycles. The average Bonchev–Trinajstić information content (AvgIpc) is 2.39. The molecule has 1 aliphatic rings. The Kier molecular flexibility index (Phi) is 9.42. The van der Waals surface area contributed by atoms with Crippen molar-refractivity contribution >= 4 is 36.5 Å². The van der Waals surface area contributed by atoms with Crippen molar-refractivity contribution in [2.75, 3.05) is 37.6 Å². The van der Waals surface area contributed by atoms with Gasteiger partial charge in [-0.25, -0.2) is 0 Å². The molecule has 1 fully saturated rings. The predicted octanol–water partition coefficient (Wildman–Crippen LogP) is 2.83. The molecule has 1 aromatic carbocycles. The maximum atomic E-state index is 10.5. The van der Waals surface area contributed by atoms with Gasteiger partial charge in [0.1, 0.15) is 0 Å². The minimum Gasteiger partial charge on any atom is -0.481 e. The summed E-state index contributed by atoms with van der Waals surface area (Å²) in [5, 5.41) is 8.63. The van der Waals surface area contributed by atoms with E-state index in [2.05, 4.69) is 41.0 Å². The van der Waals surface area contributed by atoms with Crippen LogP contribution >= 0.6 is 24.8 Å². The number of hydrogen-bond donors (Lipinski definition) is 1. The molecule has 0 aliphatic carbocycles. The molecule has 0 atom stereocenters. The molecule has 120 valence electrons. The summed E-state index contributed by atoms with van der Waals surface area (Å²) >= 11 is 0. The maximum absolute atomic E-state index is 10.5. The lowest BCUT2D eigenvalue weighted by Crippen LogP contribution is -2.46. The molecule has 0 bridgehead atoms. The van der Waals surface area contributed by atoms with Crippen molar-refractivity contribution in [1.29, 1.82) is 0 Å². The second-order valence-corrected chi connectivity index (χ2v) is 5.16. The third-order valence-electron chi connectivity index (χ3n) is 3.60. The van der Waals surface area contributed by atoms with Gasteiger partial charge in [-0.15, -0.1) is 24.8 Å². The number of piperazine rings is 1. The average molecular weight is 335 g/mol. The van der Waals surface area contributed by atoms with Crippen molar-refractivity contribution in [2.45, 2.75) is 19.8 Å². The van der Waals surface area contributed by atoms with Gasteiger partial charge in [0.2, 0.25) is 0 Å². The van der Waals surface area contributed by atoms with Crippen molar-refractivity contribution in [3.63, 3.8) is 0 Å². The highest BCUT2D eigenvalue weighted by Gasteiger charge is 2.16. The first-order chi connectivity index (χ1) is 9.15. The first-order valence-electron chi connectivity index (χ1n) is 6.91. The Bertz CT molecular complexity index is 435. The van der Waals surface area contributed by atoms with E-state index < -0.39 is 5.97 Å². The number of anilines is 1. The predicted molar refractivity (Wildman–Crippen MR) is 91.2 cm³/mol. The van der Waals surface area contributed by atoms with Crippen LogP contribution in [0.3, 0.4) is 0 Å². The Morgan fingerprint density at radius 1 is 1.19 bits per heavy atom. The number of carboxylic acid groups (broad SMARTS) is 1. The summed E-state index contributed by atoms with van der Waals surface area (Å²) in [7, 11) is 0. The second-order valence-electron chi connectivity index (χ2n) is 5.16. The number of aryl methyl sites for hydroxylation is 1. The van der Waals surface area contributed by atoms with Crippen molar-refractivity contribution in [3.05, 3.63) is 29.8 Å². The smallest absolute Gasteiger partial charge is 0.303 e. The van der Waals surface area contributed by atoms with Crippen molar-refractivity contribution in [2.24, 2.45) is 0 Å². The summed E-state index contributed by atoms with van der Waals surface area (Å²) in [6, 6.07) is 8.60. The van der Waals surface area contributed by atoms with Gasteiger partial charge in [-0.05, 0) is 37.6 Å². The topological polar surface area (TPSA) is 43.8 Å². The van der Waals surface area contributed by atoms with Crippen LogP contribution in [0.2, 0.25) is 0 Å². The van der Waals surface area contributed by atoms with E-state index in [0.29, 0.717) is 0 Å². The van der Waals surface area contributed by atoms with Gasteiger partial charge in [-0.3, -0.25) is 9.69 Å². The monoisotopic (exact) mass is 334 g/mol. The fourth-order valence-electron chi connectivity index (χ4n) is 2.51. The molecule has 0 saturated carbocycles. The molecule has 0 aromatic heterocycles. The van der Waals surface area contributed by atoms with E-state index in [0.717, 1.165) is 39.1 Å². The minimum atomic E-state index is -0.696. The lowest BCUT2D eigenvalue weighted by Gasteiger charge is -2.36. The highest BCUT2D eigenvalue weighted by Crippen LogP contribution is 2.17. The molecular weight excluding hydrogens is 311 g/mol. The molecule has 0 amide bonds. The molecule has 0 spiro atoms. The quantitative estimate of drug-likeness (QED) is 0.899. The van der Waals surface area contributed by atoms with E-state index in [-0.39, 0.29) is 31.2 Å². The number of nitrogens with zero attached hydrogens (tertiary/aromatic N) is 2. The van der Waals surface area contributed by atoms with Gasteiger partial charge in [0.15, 0.2) is 0 Å². The van der Waals surface area contributed by atoms with Gasteiger partial charge in [-0.2, -0.15) is 0 Å². The van der Waals surface area contributed by atoms with Crippen LogP contribution in [0.15, 0.2) is 24.3 Å². The number of carbonyl (C=O) groups is 1. The molecule has 1 aromatic rings. The molecule has 0 unspecified atom stereocenters. The molecule has 1 heterocycles. The Labute approximate surface area is 138 Å². The van der Waals surface area contributed by atoms with E-state index >= 15 is 0 Å². The molecule has 1 saturated heterocycles. The normalized spacial score (nSPS) is 15.0. The zero-order valence-electron chi connectivity index (χ0n) is 12.3. The summed E-state index contributed by atoms with van der Waals surface area (Å²) in [4.78, 5) is 15.2. The van der Waals surface area contributed by atoms with Gasteiger partial charge >= 0.3 is 5.97 Å². The molecule has 2 rings (SSSR count). The number of halogens is 2. The van der Waals surface area contributed by atoms with Gasteiger partial charge in [0.25, 0.3) is 0 Å². The second kappa shape index (κ2) is 9.87. The Balaban J connectivity index is 0.00000200. The SMILES string of the molecule is Cc1cccc(N2CCN(CCCC(=O)O)CC2)c1.Cl.Cl. The van der Waals surface area contributed by atoms with Crippen LogP contribution in [-0.4, -0.2) is 48.7 Å². The maximum Gasteiger partial charge on any atom is 0.303 e. The Hall–Kier alpha value is -0.970. The van der Waals surface area contributed by atoms with E-state index in [1.807, 2.05) is 0 Å². The number of aliphatic carboxylic acids is 1. The molecule has 0 radical (unpaired) electrons. The largest absolute Gasteiger partial charge is 0.481 e. The molecular formula is C15H24Cl2N2O2. The first kappa shape index (κ1) is 20.0. The molecule has 1 N–H and O–H groups in total. The molecule has 21 heavy (non-hydrogen) atoms. The van der Waals surface area contributed by atoms with Crippen LogP contribution < -0.4 is 4.90 Å². The molecule has 4 nitrogen and oxygen atoms in total. The summed E-state index contributed by atoms with van der Waals surface area (Å²) in [6.07, 6.45) is 1.03. The van der Waals surface area contributed by atoms with E-state index in [4.69, 9.17) is 5.11 Å². The van der Waals surface area contributed by atoms with E-state index in [1.165, 1.54) is 11.3 Å². The van der Waals surface area contributed by atoms with Crippen LogP contribution in [0.25, 0.3) is 0 Å². The standard InChI is InChI=1S/C15H22N2O2.2ClH/c1-13-4-2-5-14(12-13)17-10-8-16(9-11-17)7-3-6-15(18)19;;/h2,4-5,12H,3,6-11H2,1H3,(H,18,19);2*1H. The van der Waals surface area contributed by atoms with Crippen molar-refractivity contribution in [1.82, 2.24) is 4.90 Å². The van der Waals surface area contributed by atoms with Crippen molar-refractivity contribution < 1.29 is 9.90 Å². The third-order valence-corrected chi connectivity index (χ3v) is 3.60. The zero-order valence-corrected chi connectivity index (χ0v) is 14.0. The van der Waals surface area contributed by atoms with Gasteiger partial charge in [-0.1, -0.05) is 12.1 Å². The Morgan fingerprint density at radius 3 is 2.43 bits per heavy atom. The summed E-state index contributed by atoms with van der Waals surface area (Å²) < 4.78 is 0. The van der Waals surface area contributed by atoms with Crippen LogP contribution in [0.4, 0.5) is 5.69 Å². The fourth-order valence-corrected chi connectivity index (χ4v) is 2.51. The summed E-state index contributed by atoms with van der Waals surface area (Å²) in [6.45, 7) is 7.10. The number of rotatable bonds is 5. The molecule has 6 heteroatoms. The fraction of sp³-hybridized carbons (Fsp3) is 0.533. The zero-order chi connectivity index (χ0) is 13.7. The van der Waals surface area contributed by atoms with Crippen LogP contribution in [0.5, 0.6) is 0 Å². The number of carboxylic acids is 1. The van der Waals surface area contributed by atoms with Crippen LogP contribution in [-0.2, 0) is 4.79 Å². The van der Waals surface area contributed by atoms with Crippen LogP contribution in [0.1, 0.15) is 18.4 Å². The minimum absolute atomic E-state index is 0. The highest BCUT2D eigenvalue weighted by molar-refractivity contribution is 5.85. The first-order valence-corrected chi connectivity index (χ1v) is 6.91. The third kappa shape index (κ3) is 6.55.